The van der Waals surface area contributed by atoms with Crippen molar-refractivity contribution in [2.45, 2.75) is 32.7 Å². The standard InChI is InChI=1S/C21H24N6O2/c1-12-3-6-14(7-4-12)17-8-5-13(2)11-27(17)21(29)20(28)25-16-10-23-19(22)15-9-24-26-18(15)16/h3-4,6-7,9-10,13,17H,5,8,11H2,1-2H3,(H2,22,23)(H,24,26)(H,25,28)/t13-,17+/m0/s1. The van der Waals surface area contributed by atoms with Crippen LogP contribution in [0.15, 0.2) is 36.7 Å². The van der Waals surface area contributed by atoms with Crippen molar-refractivity contribution < 1.29 is 9.59 Å². The lowest BCUT2D eigenvalue weighted by Gasteiger charge is -2.38. The number of aromatic nitrogens is 3. The highest BCUT2D eigenvalue weighted by Crippen LogP contribution is 2.34. The number of carbonyl (C=O) groups is 2. The molecule has 2 aromatic heterocycles. The Bertz CT molecular complexity index is 1060. The summed E-state index contributed by atoms with van der Waals surface area (Å²) in [7, 11) is 0. The second-order valence-corrected chi connectivity index (χ2v) is 7.74. The Morgan fingerprint density at radius 2 is 1.97 bits per heavy atom. The lowest BCUT2D eigenvalue weighted by atomic mass is 9.89. The molecule has 3 aromatic rings. The van der Waals surface area contributed by atoms with Crippen LogP contribution in [0.4, 0.5) is 11.5 Å². The topological polar surface area (TPSA) is 117 Å². The van der Waals surface area contributed by atoms with E-state index in [1.54, 1.807) is 4.90 Å². The lowest BCUT2D eigenvalue weighted by Crippen LogP contribution is -2.46. The lowest BCUT2D eigenvalue weighted by molar-refractivity contribution is -0.146. The molecule has 1 fully saturated rings. The van der Waals surface area contributed by atoms with Gasteiger partial charge in [-0.1, -0.05) is 36.8 Å². The zero-order valence-corrected chi connectivity index (χ0v) is 16.5. The van der Waals surface area contributed by atoms with Crippen molar-refractivity contribution in [1.29, 1.82) is 0 Å². The first-order valence-electron chi connectivity index (χ1n) is 9.70. The third kappa shape index (κ3) is 3.65. The summed E-state index contributed by atoms with van der Waals surface area (Å²) in [5, 5.41) is 10.0. The number of fused-ring (bicyclic) bond motifs is 1. The van der Waals surface area contributed by atoms with E-state index in [1.807, 2.05) is 31.2 Å². The number of benzene rings is 1. The molecule has 0 aliphatic carbocycles. The highest BCUT2D eigenvalue weighted by molar-refractivity contribution is 6.40. The zero-order valence-electron chi connectivity index (χ0n) is 16.5. The molecule has 1 aliphatic heterocycles. The first-order valence-corrected chi connectivity index (χ1v) is 9.70. The molecule has 1 aromatic carbocycles. The summed E-state index contributed by atoms with van der Waals surface area (Å²) in [5.41, 5.74) is 8.96. The van der Waals surface area contributed by atoms with Crippen LogP contribution in [0, 0.1) is 12.8 Å². The van der Waals surface area contributed by atoms with Crippen LogP contribution >= 0.6 is 0 Å². The fourth-order valence-electron chi connectivity index (χ4n) is 3.87. The third-order valence-electron chi connectivity index (χ3n) is 5.50. The molecule has 29 heavy (non-hydrogen) atoms. The maximum atomic E-state index is 13.1. The van der Waals surface area contributed by atoms with Gasteiger partial charge in [-0.25, -0.2) is 4.98 Å². The molecule has 4 rings (SSSR count). The molecule has 1 aliphatic rings. The summed E-state index contributed by atoms with van der Waals surface area (Å²) < 4.78 is 0. The molecule has 150 valence electrons. The number of rotatable bonds is 2. The number of nitrogens with zero attached hydrogens (tertiary/aromatic N) is 3. The molecular formula is C21H24N6O2. The SMILES string of the molecule is Cc1ccc([C@H]2CC[C@H](C)CN2C(=O)C(=O)Nc2cnc(N)c3cn[nH]c23)cc1. The number of aromatic amines is 1. The van der Waals surface area contributed by atoms with Crippen molar-refractivity contribution in [3.05, 3.63) is 47.8 Å². The maximum absolute atomic E-state index is 13.1. The van der Waals surface area contributed by atoms with E-state index in [2.05, 4.69) is 27.4 Å². The molecule has 0 radical (unpaired) electrons. The Labute approximate surface area is 168 Å². The number of likely N-dealkylation sites (tertiary alicyclic amines) is 1. The molecule has 0 spiro atoms. The van der Waals surface area contributed by atoms with Gasteiger partial charge in [0.15, 0.2) is 0 Å². The number of nitrogen functional groups attached to an aromatic ring is 1. The van der Waals surface area contributed by atoms with E-state index >= 15 is 0 Å². The molecule has 0 unspecified atom stereocenters. The monoisotopic (exact) mass is 392 g/mol. The van der Waals surface area contributed by atoms with Crippen LogP contribution in [0.1, 0.15) is 36.9 Å². The van der Waals surface area contributed by atoms with Crippen molar-refractivity contribution in [1.82, 2.24) is 20.1 Å². The van der Waals surface area contributed by atoms with Crippen molar-refractivity contribution >= 4 is 34.2 Å². The molecule has 2 amide bonds. The van der Waals surface area contributed by atoms with Gasteiger partial charge in [0.2, 0.25) is 0 Å². The van der Waals surface area contributed by atoms with Crippen molar-refractivity contribution in [2.75, 3.05) is 17.6 Å². The number of nitrogens with two attached hydrogens (primary N) is 1. The van der Waals surface area contributed by atoms with Crippen LogP contribution < -0.4 is 11.1 Å². The highest BCUT2D eigenvalue weighted by atomic mass is 16.2. The summed E-state index contributed by atoms with van der Waals surface area (Å²) in [6, 6.07) is 8.02. The van der Waals surface area contributed by atoms with E-state index < -0.39 is 11.8 Å². The fourth-order valence-corrected chi connectivity index (χ4v) is 3.87. The van der Waals surface area contributed by atoms with Crippen LogP contribution in [0.5, 0.6) is 0 Å². The number of carbonyl (C=O) groups excluding carboxylic acids is 2. The fraction of sp³-hybridized carbons (Fsp3) is 0.333. The average Bonchev–Trinajstić information content (AvgIpc) is 3.21. The van der Waals surface area contributed by atoms with Crippen molar-refractivity contribution in [2.24, 2.45) is 5.92 Å². The molecular weight excluding hydrogens is 368 g/mol. The van der Waals surface area contributed by atoms with Crippen LogP contribution in [-0.4, -0.2) is 38.4 Å². The van der Waals surface area contributed by atoms with Crippen molar-refractivity contribution in [3.63, 3.8) is 0 Å². The summed E-state index contributed by atoms with van der Waals surface area (Å²) in [6.07, 6.45) is 4.81. The van der Waals surface area contributed by atoms with Crippen LogP contribution in [0.25, 0.3) is 10.9 Å². The predicted molar refractivity (Wildman–Crippen MR) is 111 cm³/mol. The molecule has 4 N–H and O–H groups in total. The van der Waals surface area contributed by atoms with Gasteiger partial charge in [-0.3, -0.25) is 14.7 Å². The Morgan fingerprint density at radius 3 is 2.72 bits per heavy atom. The van der Waals surface area contributed by atoms with Crippen LogP contribution in [0.2, 0.25) is 0 Å². The second kappa shape index (κ2) is 7.54. The molecule has 2 atom stereocenters. The number of H-pyrrole nitrogens is 1. The molecule has 1 saturated heterocycles. The van der Waals surface area contributed by atoms with Crippen LogP contribution in [-0.2, 0) is 9.59 Å². The largest absolute Gasteiger partial charge is 0.383 e. The normalized spacial score (nSPS) is 19.3. The Morgan fingerprint density at radius 1 is 1.21 bits per heavy atom. The average molecular weight is 392 g/mol. The zero-order chi connectivity index (χ0) is 20.5. The number of amides is 2. The van der Waals surface area contributed by atoms with E-state index in [-0.39, 0.29) is 6.04 Å². The van der Waals surface area contributed by atoms with Gasteiger partial charge in [0.1, 0.15) is 5.82 Å². The smallest absolute Gasteiger partial charge is 0.314 e. The minimum absolute atomic E-state index is 0.109. The molecule has 8 heteroatoms. The predicted octanol–water partition coefficient (Wildman–Crippen LogP) is 2.79. The number of nitrogens with one attached hydrogen (secondary N) is 2. The quantitative estimate of drug-likeness (QED) is 0.580. The third-order valence-corrected chi connectivity index (χ3v) is 5.50. The molecule has 0 saturated carbocycles. The van der Waals surface area contributed by atoms with E-state index in [1.165, 1.54) is 12.4 Å². The number of hydrogen-bond acceptors (Lipinski definition) is 5. The Kier molecular flexibility index (Phi) is 4.92. The minimum Gasteiger partial charge on any atom is -0.383 e. The first-order chi connectivity index (χ1) is 13.9. The summed E-state index contributed by atoms with van der Waals surface area (Å²) in [5.74, 6) is -0.599. The summed E-state index contributed by atoms with van der Waals surface area (Å²) >= 11 is 0. The van der Waals surface area contributed by atoms with Gasteiger partial charge >= 0.3 is 11.8 Å². The van der Waals surface area contributed by atoms with Crippen molar-refractivity contribution in [3.8, 4) is 0 Å². The maximum Gasteiger partial charge on any atom is 0.314 e. The van der Waals surface area contributed by atoms with Gasteiger partial charge in [-0.05, 0) is 31.2 Å². The van der Waals surface area contributed by atoms with Crippen LogP contribution in [0.3, 0.4) is 0 Å². The highest BCUT2D eigenvalue weighted by Gasteiger charge is 2.34. The first kappa shape index (κ1) is 18.9. The van der Waals surface area contributed by atoms with E-state index in [0.29, 0.717) is 34.9 Å². The molecule has 8 nitrogen and oxygen atoms in total. The van der Waals surface area contributed by atoms with Gasteiger partial charge in [0.05, 0.1) is 35.0 Å². The van der Waals surface area contributed by atoms with E-state index in [4.69, 9.17) is 5.73 Å². The number of hydrogen-bond donors (Lipinski definition) is 3. The molecule has 0 bridgehead atoms. The number of piperidine rings is 1. The van der Waals surface area contributed by atoms with Gasteiger partial charge in [-0.2, -0.15) is 5.10 Å². The summed E-state index contributed by atoms with van der Waals surface area (Å²) in [6.45, 7) is 4.67. The molecule has 3 heterocycles. The van der Waals surface area contributed by atoms with Gasteiger partial charge < -0.3 is 16.0 Å². The summed E-state index contributed by atoms with van der Waals surface area (Å²) in [4.78, 5) is 31.6. The number of pyridine rings is 1. The number of aryl methyl sites for hydroxylation is 1. The van der Waals surface area contributed by atoms with Gasteiger partial charge in [-0.15, -0.1) is 0 Å². The van der Waals surface area contributed by atoms with Gasteiger partial charge in [0, 0.05) is 6.54 Å². The second-order valence-electron chi connectivity index (χ2n) is 7.74. The number of anilines is 2. The van der Waals surface area contributed by atoms with E-state index in [9.17, 15) is 9.59 Å². The Hall–Kier alpha value is -3.42. The minimum atomic E-state index is -0.696. The van der Waals surface area contributed by atoms with Gasteiger partial charge in [0.25, 0.3) is 0 Å². The Balaban J connectivity index is 1.58. The van der Waals surface area contributed by atoms with E-state index in [0.717, 1.165) is 24.0 Å².